The molecule has 1 aliphatic heterocycles. The van der Waals surface area contributed by atoms with Crippen LogP contribution in [-0.2, 0) is 4.74 Å². The van der Waals surface area contributed by atoms with Gasteiger partial charge >= 0.3 is 0 Å². The van der Waals surface area contributed by atoms with Crippen LogP contribution in [0.25, 0.3) is 11.4 Å². The second kappa shape index (κ2) is 4.73. The fraction of sp³-hybridized carbons (Fsp3) is 0.417. The van der Waals surface area contributed by atoms with E-state index in [1.54, 1.807) is 0 Å². The molecule has 1 aromatic heterocycles. The first-order chi connectivity index (χ1) is 8.84. The molecule has 2 aromatic rings. The summed E-state index contributed by atoms with van der Waals surface area (Å²) in [6.45, 7) is 1.62. The second-order valence-corrected chi connectivity index (χ2v) is 4.48. The third kappa shape index (κ3) is 2.06. The van der Waals surface area contributed by atoms with Crippen molar-refractivity contribution in [3.05, 3.63) is 23.8 Å². The van der Waals surface area contributed by atoms with Gasteiger partial charge in [0.05, 0.1) is 0 Å². The Morgan fingerprint density at radius 1 is 1.28 bits per heavy atom. The number of hydrogen-bond acceptors (Lipinski definition) is 5. The summed E-state index contributed by atoms with van der Waals surface area (Å²) in [6.07, 6.45) is 2.05. The van der Waals surface area contributed by atoms with Crippen LogP contribution in [-0.4, -0.2) is 33.8 Å². The van der Waals surface area contributed by atoms with Gasteiger partial charge in [-0.15, -0.1) is 5.10 Å². The second-order valence-electron chi connectivity index (χ2n) is 4.48. The molecule has 94 valence electrons. The number of benzene rings is 1. The standard InChI is InChI=1S/C12H15N5O/c13-9-1-2-10(8-3-5-18-6-4-8)11(7-9)12-14-16-17-15-12/h1-2,7-8H,3-6,13H2,(H,14,15,16,17). The van der Waals surface area contributed by atoms with Gasteiger partial charge in [0, 0.05) is 24.5 Å². The Hall–Kier alpha value is -1.95. The van der Waals surface area contributed by atoms with Crippen LogP contribution in [0.4, 0.5) is 5.69 Å². The summed E-state index contributed by atoms with van der Waals surface area (Å²) in [5, 5.41) is 14.0. The molecule has 0 spiro atoms. The molecule has 1 saturated heterocycles. The SMILES string of the molecule is Nc1ccc(C2CCOCC2)c(-c2nnn[nH]2)c1. The lowest BCUT2D eigenvalue weighted by molar-refractivity contribution is 0.0854. The molecule has 18 heavy (non-hydrogen) atoms. The van der Waals surface area contributed by atoms with Gasteiger partial charge in [-0.25, -0.2) is 5.10 Å². The number of rotatable bonds is 2. The first-order valence-corrected chi connectivity index (χ1v) is 6.06. The summed E-state index contributed by atoms with van der Waals surface area (Å²) in [4.78, 5) is 0. The fourth-order valence-electron chi connectivity index (χ4n) is 2.42. The van der Waals surface area contributed by atoms with Crippen LogP contribution in [0.1, 0.15) is 24.3 Å². The quantitative estimate of drug-likeness (QED) is 0.779. The number of nitrogen functional groups attached to an aromatic ring is 1. The fourth-order valence-corrected chi connectivity index (χ4v) is 2.42. The van der Waals surface area contributed by atoms with Crippen LogP contribution in [0.2, 0.25) is 0 Å². The smallest absolute Gasteiger partial charge is 0.179 e. The molecule has 1 fully saturated rings. The van der Waals surface area contributed by atoms with Crippen molar-refractivity contribution in [1.82, 2.24) is 20.6 Å². The number of nitrogens with one attached hydrogen (secondary N) is 1. The normalized spacial score (nSPS) is 16.9. The van der Waals surface area contributed by atoms with E-state index >= 15 is 0 Å². The first kappa shape index (κ1) is 11.2. The molecule has 0 radical (unpaired) electrons. The van der Waals surface area contributed by atoms with Gasteiger partial charge in [0.15, 0.2) is 5.82 Å². The number of nitrogens with two attached hydrogens (primary N) is 1. The van der Waals surface area contributed by atoms with E-state index in [0.29, 0.717) is 11.7 Å². The predicted octanol–water partition coefficient (Wildman–Crippen LogP) is 1.34. The number of aromatic nitrogens is 4. The zero-order chi connectivity index (χ0) is 12.4. The lowest BCUT2D eigenvalue weighted by Crippen LogP contribution is -2.15. The Bertz CT molecular complexity index is 519. The van der Waals surface area contributed by atoms with Crippen molar-refractivity contribution >= 4 is 5.69 Å². The summed E-state index contributed by atoms with van der Waals surface area (Å²) < 4.78 is 5.40. The summed E-state index contributed by atoms with van der Waals surface area (Å²) in [5.74, 6) is 1.16. The molecular formula is C12H15N5O. The minimum atomic E-state index is 0.486. The van der Waals surface area contributed by atoms with Crippen molar-refractivity contribution < 1.29 is 4.74 Å². The molecule has 0 bridgehead atoms. The summed E-state index contributed by atoms with van der Waals surface area (Å²) in [5.41, 5.74) is 8.81. The van der Waals surface area contributed by atoms with Crippen LogP contribution in [0.5, 0.6) is 0 Å². The minimum Gasteiger partial charge on any atom is -0.399 e. The number of anilines is 1. The molecule has 2 heterocycles. The number of H-pyrrole nitrogens is 1. The van der Waals surface area contributed by atoms with Gasteiger partial charge in [-0.05, 0) is 46.9 Å². The average molecular weight is 245 g/mol. The molecule has 0 atom stereocenters. The van der Waals surface area contributed by atoms with E-state index in [0.717, 1.165) is 37.3 Å². The highest BCUT2D eigenvalue weighted by atomic mass is 16.5. The lowest BCUT2D eigenvalue weighted by Gasteiger charge is -2.24. The zero-order valence-corrected chi connectivity index (χ0v) is 9.97. The summed E-state index contributed by atoms with van der Waals surface area (Å²) in [7, 11) is 0. The Balaban J connectivity index is 2.02. The van der Waals surface area contributed by atoms with Crippen molar-refractivity contribution in [2.45, 2.75) is 18.8 Å². The third-order valence-corrected chi connectivity index (χ3v) is 3.34. The molecule has 0 unspecified atom stereocenters. The van der Waals surface area contributed by atoms with Crippen LogP contribution in [0.15, 0.2) is 18.2 Å². The average Bonchev–Trinajstić information content (AvgIpc) is 2.93. The molecule has 1 aliphatic rings. The highest BCUT2D eigenvalue weighted by molar-refractivity contribution is 5.66. The van der Waals surface area contributed by atoms with E-state index in [9.17, 15) is 0 Å². The van der Waals surface area contributed by atoms with Gasteiger partial charge in [0.25, 0.3) is 0 Å². The highest BCUT2D eigenvalue weighted by Crippen LogP contribution is 2.34. The van der Waals surface area contributed by atoms with Crippen LogP contribution >= 0.6 is 0 Å². The number of hydrogen-bond donors (Lipinski definition) is 2. The number of tetrazole rings is 1. The molecule has 6 heteroatoms. The van der Waals surface area contributed by atoms with E-state index in [1.165, 1.54) is 5.56 Å². The van der Waals surface area contributed by atoms with Gasteiger partial charge in [-0.1, -0.05) is 6.07 Å². The van der Waals surface area contributed by atoms with E-state index in [4.69, 9.17) is 10.5 Å². The van der Waals surface area contributed by atoms with Crippen LogP contribution < -0.4 is 5.73 Å². The highest BCUT2D eigenvalue weighted by Gasteiger charge is 2.20. The van der Waals surface area contributed by atoms with Crippen molar-refractivity contribution in [2.75, 3.05) is 18.9 Å². The maximum Gasteiger partial charge on any atom is 0.179 e. The van der Waals surface area contributed by atoms with E-state index < -0.39 is 0 Å². The largest absolute Gasteiger partial charge is 0.399 e. The first-order valence-electron chi connectivity index (χ1n) is 6.06. The Kier molecular flexibility index (Phi) is 2.93. The Labute approximate surface area is 105 Å². The predicted molar refractivity (Wildman–Crippen MR) is 66.8 cm³/mol. The number of nitrogens with zero attached hydrogens (tertiary/aromatic N) is 3. The summed E-state index contributed by atoms with van der Waals surface area (Å²) >= 11 is 0. The molecule has 3 N–H and O–H groups in total. The molecule has 0 saturated carbocycles. The van der Waals surface area contributed by atoms with Crippen molar-refractivity contribution in [3.63, 3.8) is 0 Å². The van der Waals surface area contributed by atoms with Gasteiger partial charge in [-0.2, -0.15) is 0 Å². The number of ether oxygens (including phenoxy) is 1. The zero-order valence-electron chi connectivity index (χ0n) is 9.97. The monoisotopic (exact) mass is 245 g/mol. The molecule has 3 rings (SSSR count). The van der Waals surface area contributed by atoms with Crippen LogP contribution in [0.3, 0.4) is 0 Å². The molecule has 0 aliphatic carbocycles. The third-order valence-electron chi connectivity index (χ3n) is 3.34. The van der Waals surface area contributed by atoms with Crippen molar-refractivity contribution in [1.29, 1.82) is 0 Å². The topological polar surface area (TPSA) is 89.7 Å². The molecular weight excluding hydrogens is 230 g/mol. The van der Waals surface area contributed by atoms with Crippen LogP contribution in [0, 0.1) is 0 Å². The van der Waals surface area contributed by atoms with Gasteiger partial charge in [0.1, 0.15) is 0 Å². The lowest BCUT2D eigenvalue weighted by atomic mass is 9.88. The Morgan fingerprint density at radius 2 is 2.11 bits per heavy atom. The van der Waals surface area contributed by atoms with Gasteiger partial charge in [0.2, 0.25) is 0 Å². The van der Waals surface area contributed by atoms with Crippen molar-refractivity contribution in [2.24, 2.45) is 0 Å². The van der Waals surface area contributed by atoms with E-state index in [-0.39, 0.29) is 0 Å². The number of aromatic amines is 1. The summed E-state index contributed by atoms with van der Waals surface area (Å²) in [6, 6.07) is 5.92. The molecule has 0 amide bonds. The molecule has 6 nitrogen and oxygen atoms in total. The van der Waals surface area contributed by atoms with Crippen molar-refractivity contribution in [3.8, 4) is 11.4 Å². The maximum atomic E-state index is 5.86. The van der Waals surface area contributed by atoms with Gasteiger partial charge in [-0.3, -0.25) is 0 Å². The van der Waals surface area contributed by atoms with E-state index in [1.807, 2.05) is 12.1 Å². The van der Waals surface area contributed by atoms with E-state index in [2.05, 4.69) is 26.7 Å². The minimum absolute atomic E-state index is 0.486. The maximum absolute atomic E-state index is 5.86. The molecule has 1 aromatic carbocycles. The Morgan fingerprint density at radius 3 is 2.83 bits per heavy atom. The van der Waals surface area contributed by atoms with Gasteiger partial charge < -0.3 is 10.5 Å².